The van der Waals surface area contributed by atoms with E-state index in [0.29, 0.717) is 18.4 Å². The lowest BCUT2D eigenvalue weighted by atomic mass is 10.5. The van der Waals surface area contributed by atoms with E-state index in [2.05, 4.69) is 5.10 Å². The molecule has 1 N–H and O–H groups in total. The minimum absolute atomic E-state index is 0.0202. The first-order chi connectivity index (χ1) is 9.34. The Morgan fingerprint density at radius 2 is 2.25 bits per heavy atom. The van der Waals surface area contributed by atoms with E-state index in [4.69, 9.17) is 9.47 Å². The first kappa shape index (κ1) is 16.6. The Balaban J connectivity index is 2.55. The van der Waals surface area contributed by atoms with Crippen molar-refractivity contribution in [2.24, 2.45) is 5.10 Å². The monoisotopic (exact) mass is 315 g/mol. The van der Waals surface area contributed by atoms with Crippen molar-refractivity contribution in [1.82, 2.24) is 10.5 Å². The van der Waals surface area contributed by atoms with Gasteiger partial charge in [0, 0.05) is 0 Å². The fourth-order valence-electron chi connectivity index (χ4n) is 0.980. The van der Waals surface area contributed by atoms with E-state index >= 15 is 0 Å². The van der Waals surface area contributed by atoms with Crippen molar-refractivity contribution in [2.45, 2.75) is 19.5 Å². The third-order valence-corrected chi connectivity index (χ3v) is 2.64. The van der Waals surface area contributed by atoms with Crippen molar-refractivity contribution >= 4 is 28.8 Å². The molecule has 0 fully saturated rings. The molecule has 0 aromatic heterocycles. The Labute approximate surface area is 116 Å². The summed E-state index contributed by atoms with van der Waals surface area (Å²) < 4.78 is 46.2. The van der Waals surface area contributed by atoms with Crippen molar-refractivity contribution in [3.63, 3.8) is 0 Å². The second-order valence-corrected chi connectivity index (χ2v) is 4.40. The largest absolute Gasteiger partial charge is 0.473 e. The molecule has 7 nitrogen and oxygen atoms in total. The van der Waals surface area contributed by atoms with Gasteiger partial charge in [0.2, 0.25) is 5.90 Å². The molecular weight excluding hydrogens is 303 g/mol. The van der Waals surface area contributed by atoms with Crippen LogP contribution in [0, 0.1) is 0 Å². The molecule has 0 atom stereocenters. The molecule has 1 heterocycles. The molecule has 0 spiro atoms. The molecule has 0 aliphatic carbocycles. The maximum absolute atomic E-state index is 12.1. The number of hydrazone groups is 1. The van der Waals surface area contributed by atoms with Gasteiger partial charge in [0.05, 0.1) is 12.4 Å². The van der Waals surface area contributed by atoms with Crippen LogP contribution >= 0.6 is 11.8 Å². The molecule has 0 bridgehead atoms. The van der Waals surface area contributed by atoms with Crippen LogP contribution in [0.3, 0.4) is 0 Å². The lowest BCUT2D eigenvalue weighted by Gasteiger charge is -2.22. The minimum atomic E-state index is -5.11. The van der Waals surface area contributed by atoms with Crippen molar-refractivity contribution in [3.05, 3.63) is 0 Å². The molecule has 20 heavy (non-hydrogen) atoms. The average molecular weight is 315 g/mol. The molecule has 0 unspecified atom stereocenters. The number of hydrogen-bond donors (Lipinski definition) is 1. The lowest BCUT2D eigenvalue weighted by Crippen LogP contribution is -2.49. The van der Waals surface area contributed by atoms with Crippen LogP contribution in [0.5, 0.6) is 0 Å². The van der Waals surface area contributed by atoms with Crippen molar-refractivity contribution < 1.29 is 32.2 Å². The summed E-state index contributed by atoms with van der Waals surface area (Å²) in [6.07, 6.45) is -4.33. The standard InChI is InChI=1S/C9H12F3N3O4S/c1-2-3-18-5-19-6-4-20-8(17)15(13-6)14-7(16)9(10,11)12/h2-5H2,1H3,(H,14,16). The summed E-state index contributed by atoms with van der Waals surface area (Å²) in [5.74, 6) is -2.26. The highest BCUT2D eigenvalue weighted by Gasteiger charge is 2.41. The molecule has 1 rings (SSSR count). The number of hydrogen-bond acceptors (Lipinski definition) is 6. The molecule has 0 aromatic rings. The van der Waals surface area contributed by atoms with Gasteiger partial charge in [-0.2, -0.15) is 13.2 Å². The van der Waals surface area contributed by atoms with Crippen LogP contribution in [-0.2, 0) is 14.3 Å². The van der Waals surface area contributed by atoms with Gasteiger partial charge in [0.15, 0.2) is 6.79 Å². The van der Waals surface area contributed by atoms with Crippen LogP contribution in [0.15, 0.2) is 5.10 Å². The van der Waals surface area contributed by atoms with Gasteiger partial charge in [-0.3, -0.25) is 9.59 Å². The lowest BCUT2D eigenvalue weighted by molar-refractivity contribution is -0.177. The zero-order chi connectivity index (χ0) is 15.2. The second-order valence-electron chi connectivity index (χ2n) is 3.47. The number of nitrogens with one attached hydrogen (secondary N) is 1. The third kappa shape index (κ3) is 5.25. The van der Waals surface area contributed by atoms with Crippen molar-refractivity contribution in [1.29, 1.82) is 0 Å². The highest BCUT2D eigenvalue weighted by Crippen LogP contribution is 2.18. The number of amides is 2. The first-order valence-corrected chi connectivity index (χ1v) is 6.46. The number of nitrogens with zero attached hydrogens (tertiary/aromatic N) is 2. The molecule has 0 aromatic carbocycles. The molecule has 11 heteroatoms. The van der Waals surface area contributed by atoms with Gasteiger partial charge in [-0.15, -0.1) is 10.2 Å². The molecule has 2 amide bonds. The predicted molar refractivity (Wildman–Crippen MR) is 63.5 cm³/mol. The number of halogens is 3. The summed E-state index contributed by atoms with van der Waals surface area (Å²) in [4.78, 5) is 22.0. The Morgan fingerprint density at radius 3 is 2.85 bits per heavy atom. The summed E-state index contributed by atoms with van der Waals surface area (Å²) in [5, 5.41) is 2.81. The first-order valence-electron chi connectivity index (χ1n) is 5.47. The van der Waals surface area contributed by atoms with Gasteiger partial charge < -0.3 is 9.47 Å². The number of carbonyl (C=O) groups is 2. The normalized spacial score (nSPS) is 15.9. The summed E-state index contributed by atoms with van der Waals surface area (Å²) in [5.41, 5.74) is 1.33. The molecule has 0 saturated heterocycles. The van der Waals surface area contributed by atoms with E-state index < -0.39 is 17.3 Å². The maximum Gasteiger partial charge on any atom is 0.473 e. The van der Waals surface area contributed by atoms with Crippen LogP contribution in [0.4, 0.5) is 18.0 Å². The fourth-order valence-corrected chi connectivity index (χ4v) is 1.58. The molecule has 1 aliphatic heterocycles. The van der Waals surface area contributed by atoms with Crippen LogP contribution in [-0.4, -0.2) is 47.5 Å². The average Bonchev–Trinajstić information content (AvgIpc) is 2.37. The summed E-state index contributed by atoms with van der Waals surface area (Å²) in [6, 6.07) is 0. The van der Waals surface area contributed by atoms with Gasteiger partial charge in [-0.1, -0.05) is 18.7 Å². The Morgan fingerprint density at radius 1 is 1.55 bits per heavy atom. The molecule has 1 aliphatic rings. The molecule has 114 valence electrons. The highest BCUT2D eigenvalue weighted by atomic mass is 32.2. The molecule has 0 saturated carbocycles. The predicted octanol–water partition coefficient (Wildman–Crippen LogP) is 1.46. The third-order valence-electron chi connectivity index (χ3n) is 1.83. The highest BCUT2D eigenvalue weighted by molar-refractivity contribution is 8.14. The van der Waals surface area contributed by atoms with Crippen molar-refractivity contribution in [3.8, 4) is 0 Å². The summed E-state index contributed by atoms with van der Waals surface area (Å²) >= 11 is 0.644. The molecule has 0 radical (unpaired) electrons. The van der Waals surface area contributed by atoms with Crippen LogP contribution in [0.2, 0.25) is 0 Å². The van der Waals surface area contributed by atoms with E-state index in [1.165, 1.54) is 5.43 Å². The van der Waals surface area contributed by atoms with Crippen LogP contribution < -0.4 is 5.43 Å². The topological polar surface area (TPSA) is 80.2 Å². The Bertz CT molecular complexity index is 402. The number of alkyl halides is 3. The van der Waals surface area contributed by atoms with Gasteiger partial charge in [0.25, 0.3) is 0 Å². The van der Waals surface area contributed by atoms with Crippen LogP contribution in [0.1, 0.15) is 13.3 Å². The fraction of sp³-hybridized carbons (Fsp3) is 0.667. The van der Waals surface area contributed by atoms with E-state index in [-0.39, 0.29) is 23.6 Å². The number of hydrazine groups is 1. The zero-order valence-electron chi connectivity index (χ0n) is 10.4. The van der Waals surface area contributed by atoms with Gasteiger partial charge in [-0.25, -0.2) is 5.43 Å². The van der Waals surface area contributed by atoms with Gasteiger partial charge in [-0.05, 0) is 6.42 Å². The zero-order valence-corrected chi connectivity index (χ0v) is 11.2. The van der Waals surface area contributed by atoms with Gasteiger partial charge >= 0.3 is 17.3 Å². The van der Waals surface area contributed by atoms with Gasteiger partial charge in [0.1, 0.15) is 0 Å². The smallest absolute Gasteiger partial charge is 0.452 e. The van der Waals surface area contributed by atoms with E-state index in [1.807, 2.05) is 6.92 Å². The summed E-state index contributed by atoms with van der Waals surface area (Å²) in [7, 11) is 0. The minimum Gasteiger partial charge on any atom is -0.452 e. The van der Waals surface area contributed by atoms with E-state index in [9.17, 15) is 22.8 Å². The number of thioether (sulfide) groups is 1. The molecular formula is C9H12F3N3O4S. The SMILES string of the molecule is CCCOCOC1=NN(NC(=O)C(F)(F)F)C(=O)SC1. The quantitative estimate of drug-likeness (QED) is 0.614. The number of ether oxygens (including phenoxy) is 2. The van der Waals surface area contributed by atoms with Crippen LogP contribution in [0.25, 0.3) is 0 Å². The Hall–Kier alpha value is -1.49. The number of rotatable bonds is 5. The second kappa shape index (κ2) is 7.33. The van der Waals surface area contributed by atoms with E-state index in [0.717, 1.165) is 6.42 Å². The number of carbonyl (C=O) groups excluding carboxylic acids is 2. The maximum atomic E-state index is 12.1. The van der Waals surface area contributed by atoms with Crippen molar-refractivity contribution in [2.75, 3.05) is 19.2 Å². The Kier molecular flexibility index (Phi) is 6.07. The summed E-state index contributed by atoms with van der Waals surface area (Å²) in [6.45, 7) is 2.21. The van der Waals surface area contributed by atoms with E-state index in [1.54, 1.807) is 0 Å².